The molecule has 2 N–H and O–H groups in total. The number of thiocarbonyl (C=S) groups is 1. The van der Waals surface area contributed by atoms with Gasteiger partial charge in [0.05, 0.1) is 18.6 Å². The van der Waals surface area contributed by atoms with Gasteiger partial charge in [-0.1, -0.05) is 0 Å². The van der Waals surface area contributed by atoms with Gasteiger partial charge < -0.3 is 19.8 Å². The molecule has 2 aromatic rings. The molecule has 0 radical (unpaired) electrons. The quantitative estimate of drug-likeness (QED) is 0.563. The fourth-order valence-electron chi connectivity index (χ4n) is 1.78. The minimum Gasteiger partial charge on any atom is -0.494 e. The van der Waals surface area contributed by atoms with Gasteiger partial charge >= 0.3 is 0 Å². The van der Waals surface area contributed by atoms with Gasteiger partial charge in [-0.05, 0) is 55.5 Å². The Kier molecular flexibility index (Phi) is 7.12. The molecule has 0 saturated heterocycles. The first-order valence-corrected chi connectivity index (χ1v) is 8.72. The zero-order valence-corrected chi connectivity index (χ0v) is 14.1. The van der Waals surface area contributed by atoms with Crippen molar-refractivity contribution in [2.24, 2.45) is 0 Å². The van der Waals surface area contributed by atoms with Gasteiger partial charge in [-0.3, -0.25) is 0 Å². The third-order valence-corrected chi connectivity index (χ3v) is 4.01. The number of thioether (sulfide) groups is 1. The Morgan fingerprint density at radius 3 is 2.77 bits per heavy atom. The second-order valence-electron chi connectivity index (χ2n) is 4.47. The van der Waals surface area contributed by atoms with Crippen LogP contribution in [0.4, 0.5) is 5.69 Å². The average molecular weight is 336 g/mol. The third-order valence-electron chi connectivity index (χ3n) is 2.78. The summed E-state index contributed by atoms with van der Waals surface area (Å²) < 4.78 is 10.7. The summed E-state index contributed by atoms with van der Waals surface area (Å²) in [6, 6.07) is 11.6. The van der Waals surface area contributed by atoms with Crippen molar-refractivity contribution in [1.29, 1.82) is 0 Å². The summed E-state index contributed by atoms with van der Waals surface area (Å²) in [6.45, 7) is 3.45. The largest absolute Gasteiger partial charge is 0.494 e. The average Bonchev–Trinajstić information content (AvgIpc) is 3.02. The Labute approximate surface area is 140 Å². The molecule has 1 aromatic carbocycles. The summed E-state index contributed by atoms with van der Waals surface area (Å²) in [5.74, 6) is 3.71. The Bertz CT molecular complexity index is 556. The van der Waals surface area contributed by atoms with Crippen molar-refractivity contribution in [2.75, 3.05) is 24.2 Å². The number of benzene rings is 1. The number of nitrogens with one attached hydrogen (secondary N) is 2. The second-order valence-corrected chi connectivity index (χ2v) is 5.98. The molecule has 0 unspecified atom stereocenters. The molecule has 2 rings (SSSR count). The van der Waals surface area contributed by atoms with E-state index >= 15 is 0 Å². The van der Waals surface area contributed by atoms with Gasteiger partial charge in [0.25, 0.3) is 0 Å². The van der Waals surface area contributed by atoms with E-state index in [9.17, 15) is 0 Å². The molecule has 0 atom stereocenters. The van der Waals surface area contributed by atoms with Gasteiger partial charge in [0.15, 0.2) is 5.11 Å². The number of ether oxygens (including phenoxy) is 1. The lowest BCUT2D eigenvalue weighted by atomic mass is 10.3. The van der Waals surface area contributed by atoms with E-state index in [1.807, 2.05) is 43.3 Å². The number of furan rings is 1. The predicted octanol–water partition coefficient (Wildman–Crippen LogP) is 3.90. The van der Waals surface area contributed by atoms with Crippen molar-refractivity contribution in [2.45, 2.75) is 12.7 Å². The van der Waals surface area contributed by atoms with Gasteiger partial charge in [-0.15, -0.1) is 0 Å². The first-order chi connectivity index (χ1) is 10.8. The summed E-state index contributed by atoms with van der Waals surface area (Å²) in [5, 5.41) is 6.97. The van der Waals surface area contributed by atoms with Crippen LogP contribution in [-0.4, -0.2) is 24.0 Å². The SMILES string of the molecule is CCOc1ccc(NC(=S)NCCSCc2ccco2)cc1. The summed E-state index contributed by atoms with van der Waals surface area (Å²) in [6.07, 6.45) is 1.70. The molecule has 0 aliphatic rings. The van der Waals surface area contributed by atoms with E-state index in [0.717, 1.165) is 35.2 Å². The number of anilines is 1. The third kappa shape index (κ3) is 5.99. The van der Waals surface area contributed by atoms with Crippen molar-refractivity contribution in [3.63, 3.8) is 0 Å². The lowest BCUT2D eigenvalue weighted by Gasteiger charge is -2.11. The Morgan fingerprint density at radius 1 is 1.27 bits per heavy atom. The summed E-state index contributed by atoms with van der Waals surface area (Å²) in [4.78, 5) is 0. The highest BCUT2D eigenvalue weighted by Gasteiger charge is 1.99. The monoisotopic (exact) mass is 336 g/mol. The van der Waals surface area contributed by atoms with Gasteiger partial charge in [-0.2, -0.15) is 11.8 Å². The van der Waals surface area contributed by atoms with Gasteiger partial charge in [0, 0.05) is 18.0 Å². The molecular formula is C16H20N2O2S2. The van der Waals surface area contributed by atoms with Crippen LogP contribution in [0, 0.1) is 0 Å². The van der Waals surface area contributed by atoms with Crippen molar-refractivity contribution in [1.82, 2.24) is 5.32 Å². The maximum absolute atomic E-state index is 5.40. The molecule has 0 spiro atoms. The highest BCUT2D eigenvalue weighted by molar-refractivity contribution is 7.98. The normalized spacial score (nSPS) is 10.2. The van der Waals surface area contributed by atoms with Crippen molar-refractivity contribution in [3.05, 3.63) is 48.4 Å². The van der Waals surface area contributed by atoms with E-state index < -0.39 is 0 Å². The van der Waals surface area contributed by atoms with Crippen LogP contribution in [0.3, 0.4) is 0 Å². The zero-order chi connectivity index (χ0) is 15.6. The first kappa shape index (κ1) is 16.7. The van der Waals surface area contributed by atoms with Crippen molar-refractivity contribution in [3.8, 4) is 5.75 Å². The first-order valence-electron chi connectivity index (χ1n) is 7.16. The molecule has 0 aliphatic heterocycles. The molecule has 0 fully saturated rings. The molecule has 0 saturated carbocycles. The lowest BCUT2D eigenvalue weighted by Crippen LogP contribution is -2.30. The maximum atomic E-state index is 5.40. The Morgan fingerprint density at radius 2 is 2.09 bits per heavy atom. The van der Waals surface area contributed by atoms with E-state index in [2.05, 4.69) is 10.6 Å². The van der Waals surface area contributed by atoms with E-state index in [4.69, 9.17) is 21.4 Å². The van der Waals surface area contributed by atoms with Crippen molar-refractivity contribution < 1.29 is 9.15 Å². The van der Waals surface area contributed by atoms with E-state index in [-0.39, 0.29) is 0 Å². The van der Waals surface area contributed by atoms with Crippen LogP contribution in [0.25, 0.3) is 0 Å². The minimum atomic E-state index is 0.628. The molecular weight excluding hydrogens is 316 g/mol. The van der Waals surface area contributed by atoms with Gasteiger partial charge in [0.2, 0.25) is 0 Å². The minimum absolute atomic E-state index is 0.628. The standard InChI is InChI=1S/C16H20N2O2S2/c1-2-19-14-7-5-13(6-8-14)18-16(21)17-9-11-22-12-15-4-3-10-20-15/h3-8,10H,2,9,11-12H2,1H3,(H2,17,18,21). The van der Waals surface area contributed by atoms with E-state index in [1.165, 1.54) is 0 Å². The number of hydrogen-bond acceptors (Lipinski definition) is 4. The van der Waals surface area contributed by atoms with Gasteiger partial charge in [0.1, 0.15) is 11.5 Å². The molecule has 22 heavy (non-hydrogen) atoms. The van der Waals surface area contributed by atoms with Crippen LogP contribution in [0.1, 0.15) is 12.7 Å². The molecule has 0 bridgehead atoms. The highest BCUT2D eigenvalue weighted by atomic mass is 32.2. The zero-order valence-electron chi connectivity index (χ0n) is 12.5. The topological polar surface area (TPSA) is 46.4 Å². The summed E-state index contributed by atoms with van der Waals surface area (Å²) >= 11 is 7.07. The van der Waals surface area contributed by atoms with Crippen LogP contribution >= 0.6 is 24.0 Å². The molecule has 4 nitrogen and oxygen atoms in total. The smallest absolute Gasteiger partial charge is 0.170 e. The molecule has 0 aliphatic carbocycles. The summed E-state index contributed by atoms with van der Waals surface area (Å²) in [7, 11) is 0. The lowest BCUT2D eigenvalue weighted by molar-refractivity contribution is 0.340. The van der Waals surface area contributed by atoms with Crippen LogP contribution in [-0.2, 0) is 5.75 Å². The molecule has 6 heteroatoms. The Hall–Kier alpha value is -1.66. The van der Waals surface area contributed by atoms with Gasteiger partial charge in [-0.25, -0.2) is 0 Å². The van der Waals surface area contributed by atoms with E-state index in [1.54, 1.807) is 18.0 Å². The second kappa shape index (κ2) is 9.38. The molecule has 0 amide bonds. The molecule has 1 heterocycles. The van der Waals surface area contributed by atoms with Crippen LogP contribution < -0.4 is 15.4 Å². The van der Waals surface area contributed by atoms with Crippen LogP contribution in [0.2, 0.25) is 0 Å². The molecule has 118 valence electrons. The van der Waals surface area contributed by atoms with Crippen molar-refractivity contribution >= 4 is 34.8 Å². The Balaban J connectivity index is 1.60. The van der Waals surface area contributed by atoms with E-state index in [0.29, 0.717) is 11.7 Å². The highest BCUT2D eigenvalue weighted by Crippen LogP contribution is 2.15. The predicted molar refractivity (Wildman–Crippen MR) is 96.7 cm³/mol. The summed E-state index contributed by atoms with van der Waals surface area (Å²) in [5.41, 5.74) is 0.948. The van der Waals surface area contributed by atoms with Crippen LogP contribution in [0.15, 0.2) is 47.1 Å². The maximum Gasteiger partial charge on any atom is 0.170 e. The number of rotatable bonds is 8. The fraction of sp³-hybridized carbons (Fsp3) is 0.312. The molecule has 1 aromatic heterocycles. The van der Waals surface area contributed by atoms with Crippen LogP contribution in [0.5, 0.6) is 5.75 Å². The fourth-order valence-corrected chi connectivity index (χ4v) is 2.76. The number of hydrogen-bond donors (Lipinski definition) is 2.